The third-order valence-corrected chi connectivity index (χ3v) is 4.89. The second kappa shape index (κ2) is 7.59. The third-order valence-electron chi connectivity index (χ3n) is 4.89. The molecule has 0 bridgehead atoms. The summed E-state index contributed by atoms with van der Waals surface area (Å²) in [4.78, 5) is 14.4. The van der Waals surface area contributed by atoms with Crippen molar-refractivity contribution >= 4 is 17.3 Å². The number of carbonyl (C=O) groups excluding carboxylic acids is 1. The van der Waals surface area contributed by atoms with E-state index in [9.17, 15) is 10.1 Å². The number of anilines is 2. The van der Waals surface area contributed by atoms with Crippen LogP contribution >= 0.6 is 0 Å². The number of esters is 1. The van der Waals surface area contributed by atoms with Crippen LogP contribution in [0, 0.1) is 25.2 Å². The van der Waals surface area contributed by atoms with Crippen molar-refractivity contribution < 1.29 is 9.53 Å². The second-order valence-corrected chi connectivity index (χ2v) is 6.59. The molecule has 2 aromatic rings. The highest BCUT2D eigenvalue weighted by molar-refractivity contribution is 5.93. The molecule has 0 aromatic heterocycles. The van der Waals surface area contributed by atoms with Crippen LogP contribution in [0.2, 0.25) is 0 Å². The van der Waals surface area contributed by atoms with Crippen LogP contribution in [0.5, 0.6) is 0 Å². The van der Waals surface area contributed by atoms with Gasteiger partial charge in [-0.15, -0.1) is 0 Å². The van der Waals surface area contributed by atoms with Crippen LogP contribution in [-0.2, 0) is 4.74 Å². The summed E-state index contributed by atoms with van der Waals surface area (Å²) in [7, 11) is 1.39. The molecule has 0 spiro atoms. The highest BCUT2D eigenvalue weighted by Crippen LogP contribution is 2.36. The largest absolute Gasteiger partial charge is 0.465 e. The molecule has 1 unspecified atom stereocenters. The molecule has 2 aromatic carbocycles. The van der Waals surface area contributed by atoms with Crippen LogP contribution < -0.4 is 10.2 Å². The van der Waals surface area contributed by atoms with Crippen LogP contribution in [0.1, 0.15) is 33.5 Å². The normalized spacial score (nSPS) is 16.2. The summed E-state index contributed by atoms with van der Waals surface area (Å²) in [6.07, 6.45) is 0.973. The molecule has 1 N–H and O–H groups in total. The molecule has 5 nitrogen and oxygen atoms in total. The van der Waals surface area contributed by atoms with Gasteiger partial charge in [0.15, 0.2) is 0 Å². The lowest BCUT2D eigenvalue weighted by Crippen LogP contribution is -2.34. The molecule has 5 heteroatoms. The Balaban J connectivity index is 2.20. The first-order valence-corrected chi connectivity index (χ1v) is 8.75. The molecule has 3 rings (SSSR count). The van der Waals surface area contributed by atoms with E-state index < -0.39 is 0 Å². The summed E-state index contributed by atoms with van der Waals surface area (Å²) in [5, 5.41) is 13.0. The van der Waals surface area contributed by atoms with Crippen molar-refractivity contribution in [2.75, 3.05) is 25.1 Å². The van der Waals surface area contributed by atoms with E-state index in [2.05, 4.69) is 16.3 Å². The number of para-hydroxylation sites is 1. The number of methoxy groups -OCH3 is 1. The van der Waals surface area contributed by atoms with Crippen molar-refractivity contribution in [3.8, 4) is 6.07 Å². The Kier molecular flexibility index (Phi) is 5.24. The van der Waals surface area contributed by atoms with Crippen molar-refractivity contribution in [2.24, 2.45) is 0 Å². The van der Waals surface area contributed by atoms with Gasteiger partial charge in [0.2, 0.25) is 0 Å². The zero-order valence-electron chi connectivity index (χ0n) is 15.4. The topological polar surface area (TPSA) is 65.4 Å². The van der Waals surface area contributed by atoms with E-state index in [4.69, 9.17) is 4.74 Å². The van der Waals surface area contributed by atoms with Crippen LogP contribution in [0.3, 0.4) is 0 Å². The maximum Gasteiger partial charge on any atom is 0.338 e. The van der Waals surface area contributed by atoms with E-state index in [1.165, 1.54) is 7.11 Å². The Morgan fingerprint density at radius 3 is 2.65 bits per heavy atom. The van der Waals surface area contributed by atoms with Gasteiger partial charge in [-0.2, -0.15) is 5.26 Å². The number of ether oxygens (including phenoxy) is 1. The van der Waals surface area contributed by atoms with Gasteiger partial charge in [-0.05, 0) is 56.1 Å². The number of nitriles is 1. The van der Waals surface area contributed by atoms with Gasteiger partial charge in [0, 0.05) is 18.3 Å². The zero-order valence-corrected chi connectivity index (χ0v) is 15.4. The summed E-state index contributed by atoms with van der Waals surface area (Å²) in [5.74, 6) is -0.346. The molecule has 0 amide bonds. The van der Waals surface area contributed by atoms with E-state index >= 15 is 0 Å². The molecular formula is C21H23N3O2. The first-order valence-electron chi connectivity index (χ1n) is 8.75. The fourth-order valence-electron chi connectivity index (χ4n) is 3.59. The molecule has 1 heterocycles. The number of aryl methyl sites for hydroxylation is 2. The average molecular weight is 349 g/mol. The fraction of sp³-hybridized carbons (Fsp3) is 0.333. The zero-order chi connectivity index (χ0) is 18.7. The molecule has 134 valence electrons. The number of hydrogen-bond donors (Lipinski definition) is 1. The van der Waals surface area contributed by atoms with E-state index in [-0.39, 0.29) is 12.0 Å². The van der Waals surface area contributed by atoms with Crippen molar-refractivity contribution in [1.29, 1.82) is 5.26 Å². The fourth-order valence-corrected chi connectivity index (χ4v) is 3.59. The van der Waals surface area contributed by atoms with Crippen molar-refractivity contribution in [2.45, 2.75) is 26.3 Å². The average Bonchev–Trinajstić information content (AvgIpc) is 3.17. The lowest BCUT2D eigenvalue weighted by atomic mass is 10.00. The summed E-state index contributed by atoms with van der Waals surface area (Å²) >= 11 is 0. The highest BCUT2D eigenvalue weighted by atomic mass is 16.5. The van der Waals surface area contributed by atoms with Crippen LogP contribution in [0.25, 0.3) is 0 Å². The van der Waals surface area contributed by atoms with Gasteiger partial charge in [0.25, 0.3) is 0 Å². The molecule has 0 aliphatic carbocycles. The molecule has 1 aliphatic rings. The molecule has 1 saturated heterocycles. The maximum atomic E-state index is 12.2. The van der Waals surface area contributed by atoms with Crippen LogP contribution in [0.4, 0.5) is 11.4 Å². The lowest BCUT2D eigenvalue weighted by Gasteiger charge is -2.33. The molecule has 0 saturated carbocycles. The SMILES string of the molecule is COC(=O)c1cc(N(c2ccccc2C#N)C2CCNC2)c(C)cc1C. The van der Waals surface area contributed by atoms with Gasteiger partial charge in [-0.3, -0.25) is 0 Å². The summed E-state index contributed by atoms with van der Waals surface area (Å²) in [6, 6.07) is 14.0. The Bertz CT molecular complexity index is 864. The number of nitrogens with one attached hydrogen (secondary N) is 1. The molecule has 1 atom stereocenters. The van der Waals surface area contributed by atoms with Gasteiger partial charge in [-0.25, -0.2) is 4.79 Å². The number of rotatable bonds is 4. The number of carbonyl (C=O) groups is 1. The predicted octanol–water partition coefficient (Wildman–Crippen LogP) is 3.46. The number of hydrogen-bond acceptors (Lipinski definition) is 5. The molecule has 1 fully saturated rings. The highest BCUT2D eigenvalue weighted by Gasteiger charge is 2.28. The van der Waals surface area contributed by atoms with Crippen molar-refractivity contribution in [3.63, 3.8) is 0 Å². The number of benzene rings is 2. The Labute approximate surface area is 154 Å². The summed E-state index contributed by atoms with van der Waals surface area (Å²) < 4.78 is 4.95. The minimum absolute atomic E-state index is 0.219. The molecule has 0 radical (unpaired) electrons. The first kappa shape index (κ1) is 18.0. The second-order valence-electron chi connectivity index (χ2n) is 6.59. The van der Waals surface area contributed by atoms with Gasteiger partial charge in [0.1, 0.15) is 6.07 Å². The van der Waals surface area contributed by atoms with E-state index in [1.807, 2.05) is 50.2 Å². The van der Waals surface area contributed by atoms with E-state index in [1.54, 1.807) is 0 Å². The quantitative estimate of drug-likeness (QED) is 0.856. The molecular weight excluding hydrogens is 326 g/mol. The van der Waals surface area contributed by atoms with Crippen molar-refractivity contribution in [3.05, 3.63) is 58.7 Å². The van der Waals surface area contributed by atoms with Gasteiger partial charge >= 0.3 is 5.97 Å². The molecule has 1 aliphatic heterocycles. The van der Waals surface area contributed by atoms with Crippen LogP contribution in [0.15, 0.2) is 36.4 Å². The first-order chi connectivity index (χ1) is 12.6. The van der Waals surface area contributed by atoms with Crippen LogP contribution in [-0.4, -0.2) is 32.2 Å². The minimum Gasteiger partial charge on any atom is -0.465 e. The summed E-state index contributed by atoms with van der Waals surface area (Å²) in [5.41, 5.74) is 4.93. The Morgan fingerprint density at radius 1 is 1.23 bits per heavy atom. The smallest absolute Gasteiger partial charge is 0.338 e. The number of nitrogens with zero attached hydrogens (tertiary/aromatic N) is 2. The van der Waals surface area contributed by atoms with Gasteiger partial charge in [-0.1, -0.05) is 18.2 Å². The lowest BCUT2D eigenvalue weighted by molar-refractivity contribution is 0.0600. The monoisotopic (exact) mass is 349 g/mol. The maximum absolute atomic E-state index is 12.2. The van der Waals surface area contributed by atoms with E-state index in [0.717, 1.165) is 42.0 Å². The third kappa shape index (κ3) is 3.29. The minimum atomic E-state index is -0.346. The standard InChI is InChI=1S/C21H23N3O2/c1-14-10-15(2)20(11-18(14)21(25)26-3)24(17-8-9-23-13-17)19-7-5-4-6-16(19)12-22/h4-7,10-11,17,23H,8-9,13H2,1-3H3. The summed E-state index contributed by atoms with van der Waals surface area (Å²) in [6.45, 7) is 5.72. The molecule has 26 heavy (non-hydrogen) atoms. The van der Waals surface area contributed by atoms with Crippen molar-refractivity contribution in [1.82, 2.24) is 5.32 Å². The Hall–Kier alpha value is -2.84. The van der Waals surface area contributed by atoms with Gasteiger partial charge < -0.3 is 15.0 Å². The van der Waals surface area contributed by atoms with Gasteiger partial charge in [0.05, 0.1) is 23.9 Å². The van der Waals surface area contributed by atoms with E-state index in [0.29, 0.717) is 11.1 Å². The Morgan fingerprint density at radius 2 is 2.00 bits per heavy atom. The predicted molar refractivity (Wildman–Crippen MR) is 102 cm³/mol.